The maximum Gasteiger partial charge on any atom is 0.230 e. The molecular weight excluding hydrogens is 257 g/mol. The van der Waals surface area contributed by atoms with Gasteiger partial charge in [0, 0.05) is 0 Å². The Hall–Kier alpha value is -1.93. The fourth-order valence-corrected chi connectivity index (χ4v) is 2.64. The molecule has 1 aliphatic heterocycles. The van der Waals surface area contributed by atoms with E-state index in [0.29, 0.717) is 0 Å². The van der Waals surface area contributed by atoms with E-state index >= 15 is 0 Å². The standard InChI is InChI=1S/C15H18FN3O/c1-2-15(6-8-18-9-7-15)14(20)19-13-5-3-4-12(16)11(13)10-17/h3-5,18H,2,6-9H2,1H3,(H,19,20). The Bertz CT molecular complexity index is 545. The molecule has 5 heteroatoms. The lowest BCUT2D eigenvalue weighted by Gasteiger charge is -2.35. The normalized spacial score (nSPS) is 17.2. The summed E-state index contributed by atoms with van der Waals surface area (Å²) >= 11 is 0. The van der Waals surface area contributed by atoms with E-state index in [2.05, 4.69) is 10.6 Å². The molecule has 1 saturated heterocycles. The Morgan fingerprint density at radius 1 is 1.50 bits per heavy atom. The van der Waals surface area contributed by atoms with Gasteiger partial charge < -0.3 is 10.6 Å². The molecule has 0 bridgehead atoms. The molecule has 0 aromatic heterocycles. The first kappa shape index (κ1) is 14.5. The van der Waals surface area contributed by atoms with Crippen LogP contribution in [0.5, 0.6) is 0 Å². The molecule has 1 aromatic carbocycles. The number of hydrogen-bond donors (Lipinski definition) is 2. The summed E-state index contributed by atoms with van der Waals surface area (Å²) in [6, 6.07) is 6.07. The van der Waals surface area contributed by atoms with Crippen LogP contribution in [-0.4, -0.2) is 19.0 Å². The number of nitrogens with zero attached hydrogens (tertiary/aromatic N) is 1. The van der Waals surface area contributed by atoms with Gasteiger partial charge in [-0.05, 0) is 44.5 Å². The molecule has 20 heavy (non-hydrogen) atoms. The third kappa shape index (κ3) is 2.66. The molecule has 1 heterocycles. The number of amides is 1. The molecule has 1 aliphatic rings. The molecule has 4 nitrogen and oxygen atoms in total. The zero-order valence-corrected chi connectivity index (χ0v) is 11.5. The van der Waals surface area contributed by atoms with Crippen LogP contribution in [0, 0.1) is 22.6 Å². The van der Waals surface area contributed by atoms with E-state index < -0.39 is 11.2 Å². The summed E-state index contributed by atoms with van der Waals surface area (Å²) in [5.74, 6) is -0.732. The maximum absolute atomic E-state index is 13.5. The molecule has 0 aliphatic carbocycles. The van der Waals surface area contributed by atoms with Gasteiger partial charge in [0.05, 0.1) is 11.1 Å². The maximum atomic E-state index is 13.5. The molecule has 2 N–H and O–H groups in total. The van der Waals surface area contributed by atoms with Crippen molar-refractivity contribution in [2.75, 3.05) is 18.4 Å². The Morgan fingerprint density at radius 3 is 2.80 bits per heavy atom. The molecule has 0 atom stereocenters. The van der Waals surface area contributed by atoms with Crippen LogP contribution in [0.1, 0.15) is 31.7 Å². The molecule has 0 unspecified atom stereocenters. The first-order chi connectivity index (χ1) is 9.63. The summed E-state index contributed by atoms with van der Waals surface area (Å²) in [5, 5.41) is 15.0. The van der Waals surface area contributed by atoms with Crippen molar-refractivity contribution in [3.8, 4) is 6.07 Å². The molecular formula is C15H18FN3O. The smallest absolute Gasteiger partial charge is 0.230 e. The van der Waals surface area contributed by atoms with E-state index in [4.69, 9.17) is 5.26 Å². The lowest BCUT2D eigenvalue weighted by Crippen LogP contribution is -2.44. The third-order valence-corrected chi connectivity index (χ3v) is 4.09. The van der Waals surface area contributed by atoms with E-state index in [0.717, 1.165) is 32.4 Å². The summed E-state index contributed by atoms with van der Waals surface area (Å²) in [4.78, 5) is 12.5. The van der Waals surface area contributed by atoms with Crippen molar-refractivity contribution in [3.63, 3.8) is 0 Å². The van der Waals surface area contributed by atoms with Gasteiger partial charge in [0.2, 0.25) is 5.91 Å². The molecule has 2 rings (SSSR count). The van der Waals surface area contributed by atoms with Gasteiger partial charge in [-0.25, -0.2) is 4.39 Å². The van der Waals surface area contributed by atoms with Gasteiger partial charge in [-0.3, -0.25) is 4.79 Å². The molecule has 0 radical (unpaired) electrons. The Balaban J connectivity index is 2.23. The summed E-state index contributed by atoms with van der Waals surface area (Å²) in [5.41, 5.74) is -0.283. The van der Waals surface area contributed by atoms with Gasteiger partial charge in [0.25, 0.3) is 0 Å². The van der Waals surface area contributed by atoms with Crippen LogP contribution in [0.25, 0.3) is 0 Å². The van der Waals surface area contributed by atoms with Crippen LogP contribution in [-0.2, 0) is 4.79 Å². The Morgan fingerprint density at radius 2 is 2.20 bits per heavy atom. The van der Waals surface area contributed by atoms with Crippen molar-refractivity contribution in [1.29, 1.82) is 5.26 Å². The van der Waals surface area contributed by atoms with Crippen LogP contribution in [0.4, 0.5) is 10.1 Å². The lowest BCUT2D eigenvalue weighted by atomic mass is 9.76. The van der Waals surface area contributed by atoms with Gasteiger partial charge in [0.15, 0.2) is 0 Å². The highest BCUT2D eigenvalue weighted by atomic mass is 19.1. The number of piperidine rings is 1. The number of nitrogens with one attached hydrogen (secondary N) is 2. The minimum absolute atomic E-state index is 0.110. The average molecular weight is 275 g/mol. The SMILES string of the molecule is CCC1(C(=O)Nc2cccc(F)c2C#N)CCNCC1. The van der Waals surface area contributed by atoms with Crippen LogP contribution < -0.4 is 10.6 Å². The number of carbonyl (C=O) groups is 1. The summed E-state index contributed by atoms with van der Waals surface area (Å²) < 4.78 is 13.5. The van der Waals surface area contributed by atoms with E-state index in [9.17, 15) is 9.18 Å². The van der Waals surface area contributed by atoms with Gasteiger partial charge in [-0.15, -0.1) is 0 Å². The number of hydrogen-bond acceptors (Lipinski definition) is 3. The van der Waals surface area contributed by atoms with E-state index in [-0.39, 0.29) is 17.2 Å². The van der Waals surface area contributed by atoms with E-state index in [1.165, 1.54) is 12.1 Å². The largest absolute Gasteiger partial charge is 0.324 e. The molecule has 0 spiro atoms. The molecule has 1 amide bonds. The van der Waals surface area contributed by atoms with Crippen LogP contribution in [0.15, 0.2) is 18.2 Å². The van der Waals surface area contributed by atoms with Crippen LogP contribution in [0.2, 0.25) is 0 Å². The van der Waals surface area contributed by atoms with Gasteiger partial charge in [-0.1, -0.05) is 13.0 Å². The molecule has 1 fully saturated rings. The minimum Gasteiger partial charge on any atom is -0.324 e. The zero-order valence-electron chi connectivity index (χ0n) is 11.5. The Labute approximate surface area is 118 Å². The van der Waals surface area contributed by atoms with E-state index in [1.807, 2.05) is 6.92 Å². The summed E-state index contributed by atoms with van der Waals surface area (Å²) in [6.07, 6.45) is 2.25. The van der Waals surface area contributed by atoms with Crippen molar-refractivity contribution in [2.45, 2.75) is 26.2 Å². The first-order valence-electron chi connectivity index (χ1n) is 6.84. The predicted octanol–water partition coefficient (Wildman–Crippen LogP) is 2.42. The van der Waals surface area contributed by atoms with Crippen LogP contribution in [0.3, 0.4) is 0 Å². The fraction of sp³-hybridized carbons (Fsp3) is 0.467. The van der Waals surface area contributed by atoms with Crippen LogP contribution >= 0.6 is 0 Å². The predicted molar refractivity (Wildman–Crippen MR) is 74.6 cm³/mol. The minimum atomic E-state index is -0.610. The van der Waals surface area contributed by atoms with Gasteiger partial charge in [0.1, 0.15) is 17.4 Å². The fourth-order valence-electron chi connectivity index (χ4n) is 2.64. The third-order valence-electron chi connectivity index (χ3n) is 4.09. The number of benzene rings is 1. The number of carbonyl (C=O) groups excluding carboxylic acids is 1. The number of halogens is 1. The number of nitriles is 1. The highest BCUT2D eigenvalue weighted by Gasteiger charge is 2.38. The highest BCUT2D eigenvalue weighted by molar-refractivity contribution is 5.96. The summed E-state index contributed by atoms with van der Waals surface area (Å²) in [7, 11) is 0. The second-order valence-corrected chi connectivity index (χ2v) is 5.11. The topological polar surface area (TPSA) is 64.9 Å². The monoisotopic (exact) mass is 275 g/mol. The second-order valence-electron chi connectivity index (χ2n) is 5.11. The lowest BCUT2D eigenvalue weighted by molar-refractivity contribution is -0.127. The Kier molecular flexibility index (Phi) is 4.35. The zero-order chi connectivity index (χ0) is 14.6. The van der Waals surface area contributed by atoms with E-state index in [1.54, 1.807) is 12.1 Å². The quantitative estimate of drug-likeness (QED) is 0.890. The first-order valence-corrected chi connectivity index (χ1v) is 6.84. The number of rotatable bonds is 3. The van der Waals surface area contributed by atoms with Crippen molar-refractivity contribution >= 4 is 11.6 Å². The summed E-state index contributed by atoms with van der Waals surface area (Å²) in [6.45, 7) is 3.59. The molecule has 106 valence electrons. The van der Waals surface area contributed by atoms with Gasteiger partial charge >= 0.3 is 0 Å². The average Bonchev–Trinajstić information content (AvgIpc) is 2.48. The highest BCUT2D eigenvalue weighted by Crippen LogP contribution is 2.34. The van der Waals surface area contributed by atoms with Crippen molar-refractivity contribution in [2.24, 2.45) is 5.41 Å². The molecule has 0 saturated carbocycles. The van der Waals surface area contributed by atoms with Crippen molar-refractivity contribution < 1.29 is 9.18 Å². The van der Waals surface area contributed by atoms with Crippen molar-refractivity contribution in [1.82, 2.24) is 5.32 Å². The van der Waals surface area contributed by atoms with Gasteiger partial charge in [-0.2, -0.15) is 5.26 Å². The van der Waals surface area contributed by atoms with Crippen molar-refractivity contribution in [3.05, 3.63) is 29.6 Å². The second kappa shape index (κ2) is 6.02. The number of anilines is 1. The molecule has 1 aromatic rings.